The highest BCUT2D eigenvalue weighted by atomic mass is 16.5. The van der Waals surface area contributed by atoms with Crippen LogP contribution in [0.2, 0.25) is 0 Å². The number of rotatable bonds is 6. The van der Waals surface area contributed by atoms with Crippen molar-refractivity contribution in [3.63, 3.8) is 0 Å². The van der Waals surface area contributed by atoms with Crippen molar-refractivity contribution in [2.24, 2.45) is 5.92 Å². The molecule has 1 N–H and O–H groups in total. The van der Waals surface area contributed by atoms with Gasteiger partial charge in [0.1, 0.15) is 0 Å². The van der Waals surface area contributed by atoms with Crippen LogP contribution >= 0.6 is 0 Å². The summed E-state index contributed by atoms with van der Waals surface area (Å²) in [5, 5.41) is 3.61. The van der Waals surface area contributed by atoms with E-state index < -0.39 is 0 Å². The zero-order valence-electron chi connectivity index (χ0n) is 11.5. The van der Waals surface area contributed by atoms with Crippen molar-refractivity contribution in [2.75, 3.05) is 18.5 Å². The highest BCUT2D eigenvalue weighted by Gasteiger charge is 2.13. The quantitative estimate of drug-likeness (QED) is 0.813. The summed E-state index contributed by atoms with van der Waals surface area (Å²) >= 11 is 0. The van der Waals surface area contributed by atoms with Gasteiger partial charge in [0.25, 0.3) is 0 Å². The first kappa shape index (κ1) is 13.4. The number of hydrogen-bond acceptors (Lipinski definition) is 2. The van der Waals surface area contributed by atoms with E-state index >= 15 is 0 Å². The lowest BCUT2D eigenvalue weighted by atomic mass is 9.89. The second-order valence-corrected chi connectivity index (χ2v) is 5.18. The van der Waals surface area contributed by atoms with Gasteiger partial charge in [-0.1, -0.05) is 37.5 Å². The average Bonchev–Trinajstić information content (AvgIpc) is 2.45. The highest BCUT2D eigenvalue weighted by Crippen LogP contribution is 2.24. The Morgan fingerprint density at radius 3 is 2.72 bits per heavy atom. The molecule has 0 radical (unpaired) electrons. The van der Waals surface area contributed by atoms with Crippen LogP contribution in [0.5, 0.6) is 0 Å². The second-order valence-electron chi connectivity index (χ2n) is 5.18. The third-order valence-electron chi connectivity index (χ3n) is 3.78. The summed E-state index contributed by atoms with van der Waals surface area (Å²) in [4.78, 5) is 0. The van der Waals surface area contributed by atoms with Crippen molar-refractivity contribution in [1.29, 1.82) is 0 Å². The summed E-state index contributed by atoms with van der Waals surface area (Å²) < 4.78 is 5.51. The summed E-state index contributed by atoms with van der Waals surface area (Å²) in [5.41, 5.74) is 2.52. The highest BCUT2D eigenvalue weighted by molar-refractivity contribution is 5.50. The Kier molecular flexibility index (Phi) is 5.53. The van der Waals surface area contributed by atoms with Crippen LogP contribution in [0.15, 0.2) is 24.3 Å². The molecule has 0 heterocycles. The van der Waals surface area contributed by atoms with Crippen LogP contribution in [0.3, 0.4) is 0 Å². The molecule has 0 saturated heterocycles. The van der Waals surface area contributed by atoms with Crippen LogP contribution in [-0.2, 0) is 11.3 Å². The molecular formula is C16H25NO. The summed E-state index contributed by atoms with van der Waals surface area (Å²) in [7, 11) is 0. The van der Waals surface area contributed by atoms with E-state index in [1.807, 2.05) is 6.92 Å². The van der Waals surface area contributed by atoms with Crippen molar-refractivity contribution in [3.05, 3.63) is 29.8 Å². The molecule has 2 rings (SSSR count). The van der Waals surface area contributed by atoms with Gasteiger partial charge in [-0.15, -0.1) is 0 Å². The molecule has 1 aromatic carbocycles. The van der Waals surface area contributed by atoms with Gasteiger partial charge in [-0.25, -0.2) is 0 Å². The molecule has 0 amide bonds. The van der Waals surface area contributed by atoms with Crippen molar-refractivity contribution < 1.29 is 4.74 Å². The van der Waals surface area contributed by atoms with Gasteiger partial charge < -0.3 is 10.1 Å². The third-order valence-corrected chi connectivity index (χ3v) is 3.78. The Morgan fingerprint density at radius 2 is 1.94 bits per heavy atom. The first-order valence-corrected chi connectivity index (χ1v) is 7.29. The van der Waals surface area contributed by atoms with E-state index in [2.05, 4.69) is 29.6 Å². The van der Waals surface area contributed by atoms with Gasteiger partial charge in [-0.2, -0.15) is 0 Å². The van der Waals surface area contributed by atoms with E-state index in [0.717, 1.165) is 19.1 Å². The molecule has 1 aliphatic carbocycles. The van der Waals surface area contributed by atoms with Crippen LogP contribution in [0.4, 0.5) is 5.69 Å². The number of hydrogen-bond donors (Lipinski definition) is 1. The third kappa shape index (κ3) is 4.02. The summed E-state index contributed by atoms with van der Waals surface area (Å²) in [6.07, 6.45) is 7.03. The van der Waals surface area contributed by atoms with Gasteiger partial charge >= 0.3 is 0 Å². The molecule has 0 unspecified atom stereocenters. The van der Waals surface area contributed by atoms with E-state index in [1.54, 1.807) is 0 Å². The van der Waals surface area contributed by atoms with Crippen molar-refractivity contribution in [3.8, 4) is 0 Å². The first-order valence-electron chi connectivity index (χ1n) is 7.29. The molecule has 0 aromatic heterocycles. The zero-order valence-corrected chi connectivity index (χ0v) is 11.5. The molecule has 1 aliphatic rings. The summed E-state index contributed by atoms with van der Waals surface area (Å²) in [6.45, 7) is 4.64. The number of anilines is 1. The predicted molar refractivity (Wildman–Crippen MR) is 76.8 cm³/mol. The lowest BCUT2D eigenvalue weighted by molar-refractivity contribution is 0.134. The smallest absolute Gasteiger partial charge is 0.0736 e. The number of ether oxygens (including phenoxy) is 1. The molecule has 0 aliphatic heterocycles. The predicted octanol–water partition coefficient (Wildman–Crippen LogP) is 4.22. The SMILES string of the molecule is CCOCc1ccccc1NCC1CCCCC1. The van der Waals surface area contributed by atoms with Crippen LogP contribution in [-0.4, -0.2) is 13.2 Å². The number of nitrogens with one attached hydrogen (secondary N) is 1. The minimum Gasteiger partial charge on any atom is -0.384 e. The largest absolute Gasteiger partial charge is 0.384 e. The maximum Gasteiger partial charge on any atom is 0.0736 e. The second kappa shape index (κ2) is 7.42. The fourth-order valence-corrected chi connectivity index (χ4v) is 2.68. The van der Waals surface area contributed by atoms with E-state index in [1.165, 1.54) is 43.4 Å². The Morgan fingerprint density at radius 1 is 1.17 bits per heavy atom. The molecule has 0 bridgehead atoms. The molecule has 1 saturated carbocycles. The Balaban J connectivity index is 1.87. The number of para-hydroxylation sites is 1. The lowest BCUT2D eigenvalue weighted by Crippen LogP contribution is -2.17. The lowest BCUT2D eigenvalue weighted by Gasteiger charge is -2.23. The zero-order chi connectivity index (χ0) is 12.6. The minimum atomic E-state index is 0.713. The molecule has 18 heavy (non-hydrogen) atoms. The van der Waals surface area contributed by atoms with Crippen LogP contribution < -0.4 is 5.32 Å². The fourth-order valence-electron chi connectivity index (χ4n) is 2.68. The molecule has 0 atom stereocenters. The Hall–Kier alpha value is -1.02. The first-order chi connectivity index (χ1) is 8.90. The van der Waals surface area contributed by atoms with Gasteiger partial charge in [-0.3, -0.25) is 0 Å². The van der Waals surface area contributed by atoms with Gasteiger partial charge in [0.15, 0.2) is 0 Å². The topological polar surface area (TPSA) is 21.3 Å². The maximum absolute atomic E-state index is 5.51. The van der Waals surface area contributed by atoms with Gasteiger partial charge in [0, 0.05) is 24.4 Å². The van der Waals surface area contributed by atoms with Gasteiger partial charge in [-0.05, 0) is 31.7 Å². The van der Waals surface area contributed by atoms with E-state index in [9.17, 15) is 0 Å². The monoisotopic (exact) mass is 247 g/mol. The molecule has 2 heteroatoms. The molecule has 2 nitrogen and oxygen atoms in total. The molecule has 1 aromatic rings. The van der Waals surface area contributed by atoms with Crippen LogP contribution in [0.1, 0.15) is 44.6 Å². The Labute approximate surface area is 111 Å². The molecular weight excluding hydrogens is 222 g/mol. The van der Waals surface area contributed by atoms with Crippen LogP contribution in [0.25, 0.3) is 0 Å². The number of benzene rings is 1. The van der Waals surface area contributed by atoms with Crippen molar-refractivity contribution in [1.82, 2.24) is 0 Å². The van der Waals surface area contributed by atoms with Gasteiger partial charge in [0.2, 0.25) is 0 Å². The van der Waals surface area contributed by atoms with Crippen LogP contribution in [0, 0.1) is 5.92 Å². The molecule has 0 spiro atoms. The summed E-state index contributed by atoms with van der Waals surface area (Å²) in [6, 6.07) is 8.49. The van der Waals surface area contributed by atoms with Gasteiger partial charge in [0.05, 0.1) is 6.61 Å². The Bertz CT molecular complexity index is 345. The van der Waals surface area contributed by atoms with E-state index in [4.69, 9.17) is 4.74 Å². The molecule has 1 fully saturated rings. The summed E-state index contributed by atoms with van der Waals surface area (Å²) in [5.74, 6) is 0.860. The maximum atomic E-state index is 5.51. The molecule has 100 valence electrons. The van der Waals surface area contributed by atoms with Crippen molar-refractivity contribution in [2.45, 2.75) is 45.6 Å². The fraction of sp³-hybridized carbons (Fsp3) is 0.625. The van der Waals surface area contributed by atoms with Crippen molar-refractivity contribution >= 4 is 5.69 Å². The average molecular weight is 247 g/mol. The normalized spacial score (nSPS) is 16.7. The minimum absolute atomic E-state index is 0.713. The standard InChI is InChI=1S/C16H25NO/c1-2-18-13-15-10-6-7-11-16(15)17-12-14-8-4-3-5-9-14/h6-7,10-11,14,17H,2-5,8-9,12-13H2,1H3. The van der Waals surface area contributed by atoms with E-state index in [-0.39, 0.29) is 0 Å². The van der Waals surface area contributed by atoms with E-state index in [0.29, 0.717) is 6.61 Å².